The maximum Gasteiger partial charge on any atom is 0.217 e. The van der Waals surface area contributed by atoms with Gasteiger partial charge in [0.15, 0.2) is 5.88 Å². The van der Waals surface area contributed by atoms with Crippen molar-refractivity contribution in [2.75, 3.05) is 23.8 Å². The zero-order chi connectivity index (χ0) is 22.4. The minimum atomic E-state index is -0.508. The van der Waals surface area contributed by atoms with Crippen LogP contribution in [0.5, 0.6) is 0 Å². The smallest absolute Gasteiger partial charge is 0.217 e. The zero-order valence-electron chi connectivity index (χ0n) is 18.3. The highest BCUT2D eigenvalue weighted by atomic mass is 19.1. The van der Waals surface area contributed by atoms with Crippen LogP contribution in [0.3, 0.4) is 0 Å². The molecule has 3 heterocycles. The molecule has 0 saturated heterocycles. The zero-order valence-corrected chi connectivity index (χ0v) is 18.3. The van der Waals surface area contributed by atoms with E-state index in [1.54, 1.807) is 19.1 Å². The number of hydrogen-bond acceptors (Lipinski definition) is 7. The summed E-state index contributed by atoms with van der Waals surface area (Å²) in [7, 11) is 0. The van der Waals surface area contributed by atoms with Gasteiger partial charge in [-0.25, -0.2) is 9.97 Å². The van der Waals surface area contributed by atoms with Crippen molar-refractivity contribution in [3.05, 3.63) is 65.3 Å². The molecule has 7 nitrogen and oxygen atoms in total. The number of anilines is 2. The number of hydrogen-bond donors (Lipinski definition) is 4. The summed E-state index contributed by atoms with van der Waals surface area (Å²) < 4.78 is 19.8. The molecule has 0 unspecified atom stereocenters. The Kier molecular flexibility index (Phi) is 7.23. The normalized spacial score (nSPS) is 13.2. The summed E-state index contributed by atoms with van der Waals surface area (Å²) in [6, 6.07) is 5.42. The summed E-state index contributed by atoms with van der Waals surface area (Å²) in [5.41, 5.74) is 4.22. The van der Waals surface area contributed by atoms with Gasteiger partial charge in [-0.15, -0.1) is 0 Å². The Hall–Kier alpha value is -3.42. The average Bonchev–Trinajstić information content (AvgIpc) is 2.74. The lowest BCUT2D eigenvalue weighted by Crippen LogP contribution is -2.22. The second-order valence-electron chi connectivity index (χ2n) is 7.47. The first-order valence-corrected chi connectivity index (χ1v) is 10.4. The van der Waals surface area contributed by atoms with Crippen LogP contribution in [0.2, 0.25) is 0 Å². The molecule has 1 aliphatic rings. The van der Waals surface area contributed by atoms with Crippen LogP contribution in [0.25, 0.3) is 5.57 Å². The standard InChI is InChI=1S/C23H29FN6O/c1-5-31-23-17(9-7-11-27-23)18-12-19(28-13-16-8-6-10-26-22(16)24)21(29-14(2)3)20(30-18)15(4)25/h6-10,12,14,25,27,29H,5,11,13H2,1-4H3,(H,28,30). The van der Waals surface area contributed by atoms with E-state index in [0.717, 1.165) is 11.3 Å². The maximum atomic E-state index is 14.1. The predicted molar refractivity (Wildman–Crippen MR) is 123 cm³/mol. The Balaban J connectivity index is 2.10. The molecule has 1 aliphatic heterocycles. The molecular formula is C23H29FN6O. The van der Waals surface area contributed by atoms with Crippen molar-refractivity contribution in [3.63, 3.8) is 0 Å². The second-order valence-corrected chi connectivity index (χ2v) is 7.47. The quantitative estimate of drug-likeness (QED) is 0.354. The van der Waals surface area contributed by atoms with Gasteiger partial charge in [-0.2, -0.15) is 4.39 Å². The van der Waals surface area contributed by atoms with Gasteiger partial charge in [-0.3, -0.25) is 0 Å². The fraction of sp³-hybridized carbons (Fsp3) is 0.348. The Morgan fingerprint density at radius 2 is 2.19 bits per heavy atom. The predicted octanol–water partition coefficient (Wildman–Crippen LogP) is 4.30. The van der Waals surface area contributed by atoms with Crippen LogP contribution in [0.15, 0.2) is 42.4 Å². The van der Waals surface area contributed by atoms with Crippen LogP contribution in [0.4, 0.5) is 15.8 Å². The number of aromatic nitrogens is 2. The fourth-order valence-corrected chi connectivity index (χ4v) is 3.24. The number of ether oxygens (including phenoxy) is 1. The second kappa shape index (κ2) is 10.1. The maximum absolute atomic E-state index is 14.1. The molecule has 0 bridgehead atoms. The van der Waals surface area contributed by atoms with Crippen molar-refractivity contribution in [3.8, 4) is 0 Å². The minimum Gasteiger partial charge on any atom is -0.479 e. The lowest BCUT2D eigenvalue weighted by molar-refractivity contribution is 0.210. The van der Waals surface area contributed by atoms with Crippen LogP contribution in [0, 0.1) is 11.4 Å². The van der Waals surface area contributed by atoms with Crippen molar-refractivity contribution in [1.29, 1.82) is 5.41 Å². The van der Waals surface area contributed by atoms with Gasteiger partial charge in [0.25, 0.3) is 0 Å². The third kappa shape index (κ3) is 5.39. The molecular weight excluding hydrogens is 395 g/mol. The molecule has 164 valence electrons. The lowest BCUT2D eigenvalue weighted by atomic mass is 10.1. The molecule has 31 heavy (non-hydrogen) atoms. The molecule has 4 N–H and O–H groups in total. The molecule has 0 aromatic carbocycles. The first kappa shape index (κ1) is 22.3. The summed E-state index contributed by atoms with van der Waals surface area (Å²) in [4.78, 5) is 8.49. The van der Waals surface area contributed by atoms with E-state index < -0.39 is 5.95 Å². The van der Waals surface area contributed by atoms with Crippen molar-refractivity contribution < 1.29 is 9.13 Å². The molecule has 3 rings (SSSR count). The highest BCUT2D eigenvalue weighted by Gasteiger charge is 2.20. The molecule has 8 heteroatoms. The first-order chi connectivity index (χ1) is 14.9. The van der Waals surface area contributed by atoms with Gasteiger partial charge in [0.2, 0.25) is 5.95 Å². The molecule has 0 aliphatic carbocycles. The molecule has 0 atom stereocenters. The highest BCUT2D eigenvalue weighted by Crippen LogP contribution is 2.32. The Morgan fingerprint density at radius 1 is 1.39 bits per heavy atom. The molecule has 0 radical (unpaired) electrons. The summed E-state index contributed by atoms with van der Waals surface area (Å²) in [6.07, 6.45) is 5.39. The number of nitrogens with zero attached hydrogens (tertiary/aromatic N) is 2. The largest absolute Gasteiger partial charge is 0.479 e. The molecule has 0 spiro atoms. The summed E-state index contributed by atoms with van der Waals surface area (Å²) >= 11 is 0. The monoisotopic (exact) mass is 424 g/mol. The third-order valence-corrected chi connectivity index (χ3v) is 4.59. The lowest BCUT2D eigenvalue weighted by Gasteiger charge is -2.22. The van der Waals surface area contributed by atoms with E-state index in [1.807, 2.05) is 39.0 Å². The van der Waals surface area contributed by atoms with Crippen LogP contribution in [-0.2, 0) is 11.3 Å². The van der Waals surface area contributed by atoms with Gasteiger partial charge in [-0.05, 0) is 45.9 Å². The van der Waals surface area contributed by atoms with Crippen LogP contribution in [0.1, 0.15) is 44.6 Å². The van der Waals surface area contributed by atoms with Gasteiger partial charge >= 0.3 is 0 Å². The molecule has 0 fully saturated rings. The average molecular weight is 425 g/mol. The minimum absolute atomic E-state index is 0.121. The third-order valence-electron chi connectivity index (χ3n) is 4.59. The SMILES string of the molecule is CCOC1=C(c2cc(NCc3cccnc3F)c(NC(C)C)c(C(C)=N)n2)C=CCN1. The van der Waals surface area contributed by atoms with Crippen LogP contribution >= 0.6 is 0 Å². The van der Waals surface area contributed by atoms with Crippen molar-refractivity contribution >= 4 is 22.7 Å². The van der Waals surface area contributed by atoms with E-state index in [2.05, 4.69) is 20.9 Å². The number of pyridine rings is 2. The van der Waals surface area contributed by atoms with E-state index in [4.69, 9.17) is 15.1 Å². The van der Waals surface area contributed by atoms with Gasteiger partial charge in [-0.1, -0.05) is 12.1 Å². The number of dihydropyridines is 1. The summed E-state index contributed by atoms with van der Waals surface area (Å²) in [5.74, 6) is 0.145. The molecule has 0 saturated carbocycles. The van der Waals surface area contributed by atoms with Crippen molar-refractivity contribution in [2.24, 2.45) is 0 Å². The van der Waals surface area contributed by atoms with Crippen LogP contribution < -0.4 is 16.0 Å². The van der Waals surface area contributed by atoms with Gasteiger partial charge < -0.3 is 26.1 Å². The number of allylic oxidation sites excluding steroid dienone is 2. The van der Waals surface area contributed by atoms with Gasteiger partial charge in [0, 0.05) is 30.9 Å². The Bertz CT molecular complexity index is 1020. The van der Waals surface area contributed by atoms with E-state index in [9.17, 15) is 4.39 Å². The fourth-order valence-electron chi connectivity index (χ4n) is 3.24. The highest BCUT2D eigenvalue weighted by molar-refractivity contribution is 6.03. The topological polar surface area (TPSA) is 95.0 Å². The van der Waals surface area contributed by atoms with Gasteiger partial charge in [0.1, 0.15) is 5.69 Å². The first-order valence-electron chi connectivity index (χ1n) is 10.4. The Labute approximate surface area is 182 Å². The summed E-state index contributed by atoms with van der Waals surface area (Å²) in [5, 5.41) is 18.2. The summed E-state index contributed by atoms with van der Waals surface area (Å²) in [6.45, 7) is 9.11. The molecule has 0 amide bonds. The molecule has 2 aromatic rings. The van der Waals surface area contributed by atoms with Crippen LogP contribution in [-0.4, -0.2) is 34.9 Å². The van der Waals surface area contributed by atoms with E-state index in [0.29, 0.717) is 47.4 Å². The number of nitrogens with one attached hydrogen (secondary N) is 4. The van der Waals surface area contributed by atoms with E-state index in [-0.39, 0.29) is 12.6 Å². The van der Waals surface area contributed by atoms with E-state index >= 15 is 0 Å². The van der Waals surface area contributed by atoms with Crippen molar-refractivity contribution in [2.45, 2.75) is 40.3 Å². The molecule has 2 aromatic heterocycles. The number of rotatable bonds is 9. The van der Waals surface area contributed by atoms with Gasteiger partial charge in [0.05, 0.1) is 35.0 Å². The van der Waals surface area contributed by atoms with Crippen molar-refractivity contribution in [1.82, 2.24) is 15.3 Å². The number of halogens is 1. The van der Waals surface area contributed by atoms with E-state index in [1.165, 1.54) is 6.20 Å². The Morgan fingerprint density at radius 3 is 2.87 bits per heavy atom.